The van der Waals surface area contributed by atoms with Gasteiger partial charge in [-0.15, -0.1) is 0 Å². The van der Waals surface area contributed by atoms with E-state index < -0.39 is 0 Å². The Bertz CT molecular complexity index is 554. The predicted molar refractivity (Wildman–Crippen MR) is 87.8 cm³/mol. The average molecular weight is 367 g/mol. The summed E-state index contributed by atoms with van der Waals surface area (Å²) in [6.07, 6.45) is 0. The highest BCUT2D eigenvalue weighted by Crippen LogP contribution is 2.29. The van der Waals surface area contributed by atoms with Crippen LogP contribution in [0.4, 0.5) is 0 Å². The molecule has 0 fully saturated rings. The summed E-state index contributed by atoms with van der Waals surface area (Å²) >= 11 is 2.29. The molecule has 2 aromatic rings. The summed E-state index contributed by atoms with van der Waals surface area (Å²) < 4.78 is 7.15. The highest BCUT2D eigenvalue weighted by molar-refractivity contribution is 14.1. The lowest BCUT2D eigenvalue weighted by molar-refractivity contribution is 0.474. The summed E-state index contributed by atoms with van der Waals surface area (Å²) in [4.78, 5) is 0. The zero-order valence-corrected chi connectivity index (χ0v) is 13.4. The van der Waals surface area contributed by atoms with Crippen LogP contribution in [0, 0.1) is 10.5 Å². The molecule has 1 N–H and O–H groups in total. The highest BCUT2D eigenvalue weighted by atomic mass is 127. The molecule has 0 aromatic heterocycles. The van der Waals surface area contributed by atoms with Crippen LogP contribution in [0.15, 0.2) is 42.5 Å². The van der Waals surface area contributed by atoms with E-state index in [1.807, 2.05) is 24.3 Å². The van der Waals surface area contributed by atoms with Crippen molar-refractivity contribution in [1.82, 2.24) is 5.32 Å². The van der Waals surface area contributed by atoms with Gasteiger partial charge in [0.25, 0.3) is 0 Å². The number of nitrogens with one attached hydrogen (secondary N) is 1. The number of hydrogen-bond donors (Lipinski definition) is 1. The van der Waals surface area contributed by atoms with E-state index in [1.165, 1.54) is 5.56 Å². The zero-order valence-electron chi connectivity index (χ0n) is 11.2. The summed E-state index contributed by atoms with van der Waals surface area (Å²) in [5.41, 5.74) is 2.40. The largest absolute Gasteiger partial charge is 0.456 e. The fourth-order valence-electron chi connectivity index (χ4n) is 1.78. The van der Waals surface area contributed by atoms with Crippen molar-refractivity contribution in [2.75, 3.05) is 6.54 Å². The lowest BCUT2D eigenvalue weighted by Gasteiger charge is -2.12. The van der Waals surface area contributed by atoms with Gasteiger partial charge in [0.1, 0.15) is 11.5 Å². The first-order valence-electron chi connectivity index (χ1n) is 6.43. The van der Waals surface area contributed by atoms with Crippen LogP contribution < -0.4 is 10.1 Å². The smallest absolute Gasteiger partial charge is 0.140 e. The molecule has 0 aliphatic rings. The molecule has 2 nitrogen and oxygen atoms in total. The van der Waals surface area contributed by atoms with Crippen molar-refractivity contribution < 1.29 is 4.74 Å². The summed E-state index contributed by atoms with van der Waals surface area (Å²) in [5, 5.41) is 3.33. The third-order valence-electron chi connectivity index (χ3n) is 2.89. The maximum absolute atomic E-state index is 6.03. The summed E-state index contributed by atoms with van der Waals surface area (Å²) in [6.45, 7) is 6.03. The first kappa shape index (κ1) is 14.3. The Labute approximate surface area is 128 Å². The van der Waals surface area contributed by atoms with Crippen molar-refractivity contribution in [3.8, 4) is 11.5 Å². The van der Waals surface area contributed by atoms with Crippen LogP contribution in [0.3, 0.4) is 0 Å². The van der Waals surface area contributed by atoms with Crippen LogP contribution in [-0.2, 0) is 6.54 Å². The van der Waals surface area contributed by atoms with Gasteiger partial charge in [-0.1, -0.05) is 31.2 Å². The molecule has 2 aromatic carbocycles. The average Bonchev–Trinajstić information content (AvgIpc) is 2.42. The minimum Gasteiger partial charge on any atom is -0.456 e. The van der Waals surface area contributed by atoms with Gasteiger partial charge < -0.3 is 10.1 Å². The second kappa shape index (κ2) is 6.91. The van der Waals surface area contributed by atoms with Crippen molar-refractivity contribution in [1.29, 1.82) is 0 Å². The Balaban J connectivity index is 2.21. The fourth-order valence-corrected chi connectivity index (χ4v) is 2.28. The monoisotopic (exact) mass is 367 g/mol. The quantitative estimate of drug-likeness (QED) is 0.786. The number of hydrogen-bond acceptors (Lipinski definition) is 2. The molecule has 0 bridgehead atoms. The molecule has 0 radical (unpaired) electrons. The van der Waals surface area contributed by atoms with Crippen molar-refractivity contribution in [2.45, 2.75) is 20.4 Å². The molecule has 0 saturated heterocycles. The van der Waals surface area contributed by atoms with Gasteiger partial charge in [-0.05, 0) is 65.4 Å². The summed E-state index contributed by atoms with van der Waals surface area (Å²) in [5.74, 6) is 1.84. The topological polar surface area (TPSA) is 21.3 Å². The third kappa shape index (κ3) is 3.94. The first-order chi connectivity index (χ1) is 9.20. The molecule has 0 saturated carbocycles. The Kier molecular flexibility index (Phi) is 5.22. The zero-order chi connectivity index (χ0) is 13.7. The third-order valence-corrected chi connectivity index (χ3v) is 3.78. The molecular weight excluding hydrogens is 349 g/mol. The molecule has 2 rings (SSSR count). The van der Waals surface area contributed by atoms with E-state index in [1.54, 1.807) is 0 Å². The van der Waals surface area contributed by atoms with E-state index in [2.05, 4.69) is 60.0 Å². The molecule has 0 heterocycles. The van der Waals surface area contributed by atoms with E-state index in [9.17, 15) is 0 Å². The molecule has 0 aliphatic carbocycles. The van der Waals surface area contributed by atoms with Crippen LogP contribution in [0.5, 0.6) is 11.5 Å². The molecule has 0 aliphatic heterocycles. The lowest BCUT2D eigenvalue weighted by atomic mass is 10.1. The van der Waals surface area contributed by atoms with Crippen molar-refractivity contribution >= 4 is 22.6 Å². The van der Waals surface area contributed by atoms with Gasteiger partial charge in [0.05, 0.1) is 3.57 Å². The number of rotatable bonds is 5. The Morgan fingerprint density at radius 1 is 1.11 bits per heavy atom. The van der Waals surface area contributed by atoms with Gasteiger partial charge in [0, 0.05) is 6.54 Å². The molecule has 0 amide bonds. The van der Waals surface area contributed by atoms with Crippen LogP contribution in [0.2, 0.25) is 0 Å². The Hall–Kier alpha value is -1.07. The van der Waals surface area contributed by atoms with E-state index in [0.29, 0.717) is 0 Å². The van der Waals surface area contributed by atoms with E-state index in [0.717, 1.165) is 33.7 Å². The van der Waals surface area contributed by atoms with E-state index in [-0.39, 0.29) is 0 Å². The fraction of sp³-hybridized carbons (Fsp3) is 0.250. The normalized spacial score (nSPS) is 10.5. The first-order valence-corrected chi connectivity index (χ1v) is 7.51. The van der Waals surface area contributed by atoms with Crippen LogP contribution in [0.1, 0.15) is 18.1 Å². The van der Waals surface area contributed by atoms with Gasteiger partial charge in [0.15, 0.2) is 0 Å². The minimum absolute atomic E-state index is 0.874. The number of benzene rings is 2. The van der Waals surface area contributed by atoms with Crippen molar-refractivity contribution in [3.05, 3.63) is 57.2 Å². The Morgan fingerprint density at radius 3 is 2.63 bits per heavy atom. The molecular formula is C16H18INO. The van der Waals surface area contributed by atoms with Gasteiger partial charge in [-0.3, -0.25) is 0 Å². The van der Waals surface area contributed by atoms with Gasteiger partial charge in [-0.2, -0.15) is 0 Å². The van der Waals surface area contributed by atoms with Gasteiger partial charge in [-0.25, -0.2) is 0 Å². The highest BCUT2D eigenvalue weighted by Gasteiger charge is 2.05. The maximum atomic E-state index is 6.03. The van der Waals surface area contributed by atoms with Crippen molar-refractivity contribution in [2.24, 2.45) is 0 Å². The van der Waals surface area contributed by atoms with Crippen LogP contribution >= 0.6 is 22.6 Å². The second-order valence-electron chi connectivity index (χ2n) is 4.41. The number of para-hydroxylation sites is 1. The van der Waals surface area contributed by atoms with E-state index >= 15 is 0 Å². The van der Waals surface area contributed by atoms with Crippen molar-refractivity contribution in [3.63, 3.8) is 0 Å². The standard InChI is InChI=1S/C16H18INO/c1-3-18-11-13-9-8-12(2)16(10-13)19-15-7-5-4-6-14(15)17/h4-10,18H,3,11H2,1-2H3. The molecule has 0 spiro atoms. The SMILES string of the molecule is CCNCc1ccc(C)c(Oc2ccccc2I)c1. The van der Waals surface area contributed by atoms with Crippen LogP contribution in [0.25, 0.3) is 0 Å². The van der Waals surface area contributed by atoms with E-state index in [4.69, 9.17) is 4.74 Å². The molecule has 0 unspecified atom stereocenters. The second-order valence-corrected chi connectivity index (χ2v) is 5.57. The lowest BCUT2D eigenvalue weighted by Crippen LogP contribution is -2.11. The maximum Gasteiger partial charge on any atom is 0.140 e. The van der Waals surface area contributed by atoms with Crippen LogP contribution in [-0.4, -0.2) is 6.54 Å². The Morgan fingerprint density at radius 2 is 1.89 bits per heavy atom. The summed E-state index contributed by atoms with van der Waals surface area (Å²) in [7, 11) is 0. The molecule has 100 valence electrons. The number of halogens is 1. The molecule has 19 heavy (non-hydrogen) atoms. The molecule has 0 atom stereocenters. The van der Waals surface area contributed by atoms with Gasteiger partial charge >= 0.3 is 0 Å². The number of ether oxygens (including phenoxy) is 1. The summed E-state index contributed by atoms with van der Waals surface area (Å²) in [6, 6.07) is 14.4. The minimum atomic E-state index is 0.874. The predicted octanol–water partition coefficient (Wildman–Crippen LogP) is 4.50. The molecule has 3 heteroatoms. The number of aryl methyl sites for hydroxylation is 1. The van der Waals surface area contributed by atoms with Gasteiger partial charge in [0.2, 0.25) is 0 Å².